The predicted molar refractivity (Wildman–Crippen MR) is 120 cm³/mol. The molecule has 1 aliphatic rings. The Morgan fingerprint density at radius 1 is 0.935 bits per heavy atom. The van der Waals surface area contributed by atoms with Gasteiger partial charge < -0.3 is 14.5 Å². The summed E-state index contributed by atoms with van der Waals surface area (Å²) in [5, 5.41) is 0. The molecule has 1 fully saturated rings. The molecule has 7 nitrogen and oxygen atoms in total. The SMILES string of the molecule is COc1ccccc1C(=O)N1CCCN(C(=O)c2cn3c(n2)sc2ccccc23)CC1. The van der Waals surface area contributed by atoms with Gasteiger partial charge in [-0.3, -0.25) is 14.0 Å². The number of aromatic nitrogens is 2. The van der Waals surface area contributed by atoms with E-state index in [0.29, 0.717) is 43.2 Å². The Kier molecular flexibility index (Phi) is 5.07. The molecule has 0 aliphatic carbocycles. The molecule has 2 amide bonds. The molecule has 2 aromatic heterocycles. The van der Waals surface area contributed by atoms with E-state index >= 15 is 0 Å². The predicted octanol–water partition coefficient (Wildman–Crippen LogP) is 3.55. The number of rotatable bonds is 3. The van der Waals surface area contributed by atoms with Crippen LogP contribution in [0.1, 0.15) is 27.3 Å². The Labute approximate surface area is 183 Å². The van der Waals surface area contributed by atoms with Crippen LogP contribution in [0, 0.1) is 0 Å². The number of carbonyl (C=O) groups is 2. The number of amides is 2. The minimum atomic E-state index is -0.0911. The van der Waals surface area contributed by atoms with Crippen LogP contribution in [0.25, 0.3) is 15.2 Å². The number of fused-ring (bicyclic) bond motifs is 3. The maximum absolute atomic E-state index is 13.1. The zero-order valence-electron chi connectivity index (χ0n) is 17.2. The van der Waals surface area contributed by atoms with E-state index in [1.165, 1.54) is 0 Å². The minimum Gasteiger partial charge on any atom is -0.496 e. The van der Waals surface area contributed by atoms with Crippen LogP contribution < -0.4 is 4.74 Å². The van der Waals surface area contributed by atoms with Crippen molar-refractivity contribution in [2.45, 2.75) is 6.42 Å². The monoisotopic (exact) mass is 434 g/mol. The van der Waals surface area contributed by atoms with Gasteiger partial charge in [0.05, 0.1) is 22.9 Å². The number of hydrogen-bond donors (Lipinski definition) is 0. The Morgan fingerprint density at radius 2 is 1.65 bits per heavy atom. The van der Waals surface area contributed by atoms with Gasteiger partial charge in [0.25, 0.3) is 11.8 Å². The molecule has 0 N–H and O–H groups in total. The Morgan fingerprint density at radius 3 is 2.45 bits per heavy atom. The summed E-state index contributed by atoms with van der Waals surface area (Å²) in [6, 6.07) is 15.3. The van der Waals surface area contributed by atoms with E-state index in [0.717, 1.165) is 21.6 Å². The van der Waals surface area contributed by atoms with Crippen molar-refractivity contribution in [1.29, 1.82) is 0 Å². The van der Waals surface area contributed by atoms with Crippen LogP contribution in [0.2, 0.25) is 0 Å². The third-order valence-corrected chi connectivity index (χ3v) is 6.66. The number of ether oxygens (including phenoxy) is 1. The molecule has 4 aromatic rings. The van der Waals surface area contributed by atoms with E-state index in [9.17, 15) is 9.59 Å². The van der Waals surface area contributed by atoms with Gasteiger partial charge in [-0.1, -0.05) is 35.6 Å². The van der Waals surface area contributed by atoms with Gasteiger partial charge in [0.1, 0.15) is 11.4 Å². The maximum atomic E-state index is 13.1. The van der Waals surface area contributed by atoms with Crippen LogP contribution in [0.15, 0.2) is 54.7 Å². The first-order valence-corrected chi connectivity index (χ1v) is 11.1. The first kappa shape index (κ1) is 19.6. The van der Waals surface area contributed by atoms with Gasteiger partial charge in [-0.2, -0.15) is 0 Å². The van der Waals surface area contributed by atoms with E-state index in [4.69, 9.17) is 4.74 Å². The quantitative estimate of drug-likeness (QED) is 0.495. The molecule has 3 heterocycles. The van der Waals surface area contributed by atoms with Crippen LogP contribution in [-0.2, 0) is 0 Å². The standard InChI is InChI=1S/C23H22N4O3S/c1-30-19-9-4-2-7-16(19)21(28)25-11-6-12-26(14-13-25)22(29)17-15-27-18-8-3-5-10-20(18)31-23(27)24-17/h2-5,7-10,15H,6,11-14H2,1H3. The van der Waals surface area contributed by atoms with Crippen molar-refractivity contribution in [3.63, 3.8) is 0 Å². The topological polar surface area (TPSA) is 67.2 Å². The molecular formula is C23H22N4O3S. The Hall–Kier alpha value is -3.39. The molecular weight excluding hydrogens is 412 g/mol. The van der Waals surface area contributed by atoms with E-state index in [-0.39, 0.29) is 11.8 Å². The second-order valence-corrected chi connectivity index (χ2v) is 8.50. The van der Waals surface area contributed by atoms with E-state index in [1.54, 1.807) is 40.4 Å². The van der Waals surface area contributed by atoms with Gasteiger partial charge in [0, 0.05) is 32.4 Å². The molecule has 0 unspecified atom stereocenters. The van der Waals surface area contributed by atoms with Crippen molar-refractivity contribution >= 4 is 38.3 Å². The highest BCUT2D eigenvalue weighted by Gasteiger charge is 2.26. The van der Waals surface area contributed by atoms with Crippen LogP contribution in [0.3, 0.4) is 0 Å². The number of carbonyl (C=O) groups excluding carboxylic acids is 2. The van der Waals surface area contributed by atoms with Crippen LogP contribution in [0.4, 0.5) is 0 Å². The molecule has 8 heteroatoms. The Balaban J connectivity index is 1.32. The lowest BCUT2D eigenvalue weighted by Gasteiger charge is -2.22. The molecule has 0 saturated carbocycles. The van der Waals surface area contributed by atoms with Gasteiger partial charge in [0.15, 0.2) is 4.96 Å². The highest BCUT2D eigenvalue weighted by Crippen LogP contribution is 2.26. The first-order chi connectivity index (χ1) is 15.2. The normalized spacial score (nSPS) is 14.7. The Bertz CT molecular complexity index is 1280. The second-order valence-electron chi connectivity index (χ2n) is 7.49. The highest BCUT2D eigenvalue weighted by atomic mass is 32.1. The number of para-hydroxylation sites is 2. The van der Waals surface area contributed by atoms with Crippen molar-refractivity contribution in [1.82, 2.24) is 19.2 Å². The molecule has 0 radical (unpaired) electrons. The molecule has 158 valence electrons. The summed E-state index contributed by atoms with van der Waals surface area (Å²) in [6.07, 6.45) is 2.54. The average molecular weight is 435 g/mol. The fraction of sp³-hybridized carbons (Fsp3) is 0.261. The van der Waals surface area contributed by atoms with Gasteiger partial charge in [0.2, 0.25) is 0 Å². The maximum Gasteiger partial charge on any atom is 0.274 e. The lowest BCUT2D eigenvalue weighted by molar-refractivity contribution is 0.0714. The van der Waals surface area contributed by atoms with Crippen molar-refractivity contribution in [2.24, 2.45) is 0 Å². The van der Waals surface area contributed by atoms with E-state index < -0.39 is 0 Å². The summed E-state index contributed by atoms with van der Waals surface area (Å²) in [5.74, 6) is 0.405. The summed E-state index contributed by atoms with van der Waals surface area (Å²) in [6.45, 7) is 2.16. The molecule has 0 bridgehead atoms. The van der Waals surface area contributed by atoms with Crippen LogP contribution in [-0.4, -0.2) is 64.3 Å². The van der Waals surface area contributed by atoms with Crippen molar-refractivity contribution in [2.75, 3.05) is 33.3 Å². The average Bonchev–Trinajstić information content (AvgIpc) is 3.26. The largest absolute Gasteiger partial charge is 0.496 e. The van der Waals surface area contributed by atoms with Crippen LogP contribution in [0.5, 0.6) is 5.75 Å². The molecule has 5 rings (SSSR count). The molecule has 31 heavy (non-hydrogen) atoms. The summed E-state index contributed by atoms with van der Waals surface area (Å²) < 4.78 is 8.45. The number of nitrogens with zero attached hydrogens (tertiary/aromatic N) is 4. The zero-order chi connectivity index (χ0) is 21.4. The van der Waals surface area contributed by atoms with Gasteiger partial charge in [-0.15, -0.1) is 0 Å². The number of benzene rings is 2. The molecule has 0 spiro atoms. The highest BCUT2D eigenvalue weighted by molar-refractivity contribution is 7.23. The smallest absolute Gasteiger partial charge is 0.274 e. The summed E-state index contributed by atoms with van der Waals surface area (Å²) >= 11 is 1.57. The third kappa shape index (κ3) is 3.53. The summed E-state index contributed by atoms with van der Waals surface area (Å²) in [5.41, 5.74) is 2.05. The fourth-order valence-corrected chi connectivity index (χ4v) is 5.04. The lowest BCUT2D eigenvalue weighted by Crippen LogP contribution is -2.37. The number of thiazole rings is 1. The number of methoxy groups -OCH3 is 1. The molecule has 1 aliphatic heterocycles. The summed E-state index contributed by atoms with van der Waals surface area (Å²) in [7, 11) is 1.56. The van der Waals surface area contributed by atoms with E-state index in [1.807, 2.05) is 40.9 Å². The molecule has 2 aromatic carbocycles. The zero-order valence-corrected chi connectivity index (χ0v) is 18.0. The van der Waals surface area contributed by atoms with E-state index in [2.05, 4.69) is 11.1 Å². The van der Waals surface area contributed by atoms with Crippen LogP contribution >= 0.6 is 11.3 Å². The number of imidazole rings is 1. The second kappa shape index (κ2) is 8.03. The lowest BCUT2D eigenvalue weighted by atomic mass is 10.1. The molecule has 1 saturated heterocycles. The van der Waals surface area contributed by atoms with Gasteiger partial charge in [-0.25, -0.2) is 4.98 Å². The number of hydrogen-bond acceptors (Lipinski definition) is 5. The molecule has 0 atom stereocenters. The van der Waals surface area contributed by atoms with Crippen molar-refractivity contribution in [3.8, 4) is 5.75 Å². The third-order valence-electron chi connectivity index (χ3n) is 5.63. The van der Waals surface area contributed by atoms with Crippen molar-refractivity contribution in [3.05, 3.63) is 66.0 Å². The first-order valence-electron chi connectivity index (χ1n) is 10.2. The van der Waals surface area contributed by atoms with Gasteiger partial charge in [-0.05, 0) is 30.7 Å². The van der Waals surface area contributed by atoms with Gasteiger partial charge >= 0.3 is 0 Å². The summed E-state index contributed by atoms with van der Waals surface area (Å²) in [4.78, 5) is 35.1. The fourth-order valence-electron chi connectivity index (χ4n) is 4.03. The minimum absolute atomic E-state index is 0.0688. The van der Waals surface area contributed by atoms with Crippen molar-refractivity contribution < 1.29 is 14.3 Å².